The van der Waals surface area contributed by atoms with E-state index in [2.05, 4.69) is 5.32 Å². The zero-order chi connectivity index (χ0) is 13.5. The number of carbonyl (C=O) groups excluding carboxylic acids is 2. The second-order valence-corrected chi connectivity index (χ2v) is 5.04. The number of primary amides is 1. The molecule has 0 aromatic heterocycles. The maximum Gasteiger partial charge on any atom is 0.237 e. The predicted molar refractivity (Wildman–Crippen MR) is 67.8 cm³/mol. The van der Waals surface area contributed by atoms with Crippen LogP contribution in [-0.2, 0) is 14.3 Å². The van der Waals surface area contributed by atoms with Crippen LogP contribution in [0, 0.1) is 5.92 Å². The lowest BCUT2D eigenvalue weighted by molar-refractivity contribution is -0.138. The molecule has 1 unspecified atom stereocenters. The van der Waals surface area contributed by atoms with Crippen molar-refractivity contribution in [2.75, 3.05) is 32.8 Å². The highest BCUT2D eigenvalue weighted by atomic mass is 16.5. The van der Waals surface area contributed by atoms with Gasteiger partial charge in [-0.15, -0.1) is 0 Å². The molecule has 1 rings (SSSR count). The van der Waals surface area contributed by atoms with E-state index in [-0.39, 0.29) is 18.6 Å². The first-order valence-corrected chi connectivity index (χ1v) is 6.37. The van der Waals surface area contributed by atoms with Crippen LogP contribution in [0.1, 0.15) is 20.3 Å². The van der Waals surface area contributed by atoms with E-state index >= 15 is 0 Å². The molecule has 1 fully saturated rings. The molecule has 104 valence electrons. The smallest absolute Gasteiger partial charge is 0.237 e. The van der Waals surface area contributed by atoms with E-state index in [1.807, 2.05) is 13.8 Å². The molecule has 3 N–H and O–H groups in total. The van der Waals surface area contributed by atoms with Gasteiger partial charge in [0.2, 0.25) is 11.8 Å². The monoisotopic (exact) mass is 257 g/mol. The van der Waals surface area contributed by atoms with E-state index < -0.39 is 5.91 Å². The molecule has 0 bridgehead atoms. The first-order chi connectivity index (χ1) is 8.49. The Morgan fingerprint density at radius 1 is 1.50 bits per heavy atom. The summed E-state index contributed by atoms with van der Waals surface area (Å²) >= 11 is 0. The van der Waals surface area contributed by atoms with Crippen LogP contribution in [0.3, 0.4) is 0 Å². The minimum atomic E-state index is -0.480. The highest BCUT2D eigenvalue weighted by molar-refractivity contribution is 5.84. The topological polar surface area (TPSA) is 84.7 Å². The van der Waals surface area contributed by atoms with Gasteiger partial charge in [0.25, 0.3) is 0 Å². The largest absolute Gasteiger partial charge is 0.375 e. The van der Waals surface area contributed by atoms with Crippen molar-refractivity contribution in [1.29, 1.82) is 0 Å². The van der Waals surface area contributed by atoms with Crippen molar-refractivity contribution in [3.05, 3.63) is 0 Å². The lowest BCUT2D eigenvalue weighted by Crippen LogP contribution is -2.45. The third-order valence-electron chi connectivity index (χ3n) is 2.69. The number of carbonyl (C=O) groups is 2. The van der Waals surface area contributed by atoms with Crippen LogP contribution >= 0.6 is 0 Å². The van der Waals surface area contributed by atoms with E-state index in [0.717, 1.165) is 6.54 Å². The van der Waals surface area contributed by atoms with Crippen LogP contribution < -0.4 is 11.1 Å². The van der Waals surface area contributed by atoms with Gasteiger partial charge in [0, 0.05) is 19.6 Å². The van der Waals surface area contributed by atoms with Crippen molar-refractivity contribution in [2.45, 2.75) is 26.4 Å². The number of nitrogens with zero attached hydrogens (tertiary/aromatic N) is 1. The Hall–Kier alpha value is -1.14. The van der Waals surface area contributed by atoms with Gasteiger partial charge >= 0.3 is 0 Å². The Kier molecular flexibility index (Phi) is 6.07. The molecule has 6 nitrogen and oxygen atoms in total. The molecular weight excluding hydrogens is 234 g/mol. The molecule has 1 saturated heterocycles. The Labute approximate surface area is 108 Å². The molecule has 0 spiro atoms. The standard InChI is InChI=1S/C12H23N3O3/c1-9(2)7-15(8-11(13)16)12(17)5-10-6-14-3-4-18-10/h9-10,14H,3-8H2,1-2H3,(H2,13,16). The molecule has 1 aliphatic rings. The first kappa shape index (κ1) is 14.9. The molecule has 1 atom stereocenters. The van der Waals surface area contributed by atoms with Gasteiger partial charge in [-0.1, -0.05) is 13.8 Å². The third kappa shape index (κ3) is 5.46. The Bertz CT molecular complexity index is 288. The van der Waals surface area contributed by atoms with Crippen molar-refractivity contribution >= 4 is 11.8 Å². The molecule has 2 amide bonds. The molecule has 0 aromatic rings. The van der Waals surface area contributed by atoms with Crippen molar-refractivity contribution in [3.8, 4) is 0 Å². The molecule has 0 saturated carbocycles. The maximum atomic E-state index is 12.1. The van der Waals surface area contributed by atoms with Gasteiger partial charge in [-0.3, -0.25) is 9.59 Å². The van der Waals surface area contributed by atoms with Crippen LogP contribution in [0.15, 0.2) is 0 Å². The molecule has 1 heterocycles. The summed E-state index contributed by atoms with van der Waals surface area (Å²) in [5, 5.41) is 3.17. The van der Waals surface area contributed by atoms with Crippen LogP contribution in [-0.4, -0.2) is 55.6 Å². The Morgan fingerprint density at radius 2 is 2.22 bits per heavy atom. The van der Waals surface area contributed by atoms with Gasteiger partial charge in [0.05, 0.1) is 25.7 Å². The fourth-order valence-electron chi connectivity index (χ4n) is 1.96. The second-order valence-electron chi connectivity index (χ2n) is 5.04. The number of morpholine rings is 1. The summed E-state index contributed by atoms with van der Waals surface area (Å²) in [5.41, 5.74) is 5.16. The van der Waals surface area contributed by atoms with Crippen molar-refractivity contribution in [1.82, 2.24) is 10.2 Å². The quantitative estimate of drug-likeness (QED) is 0.661. The fourth-order valence-corrected chi connectivity index (χ4v) is 1.96. The molecule has 1 aliphatic heterocycles. The number of amides is 2. The highest BCUT2D eigenvalue weighted by Crippen LogP contribution is 2.07. The number of rotatable bonds is 6. The summed E-state index contributed by atoms with van der Waals surface area (Å²) in [6.45, 7) is 6.65. The summed E-state index contributed by atoms with van der Waals surface area (Å²) in [7, 11) is 0. The van der Waals surface area contributed by atoms with Crippen molar-refractivity contribution in [2.24, 2.45) is 11.7 Å². The predicted octanol–water partition coefficient (Wildman–Crippen LogP) is -0.665. The Balaban J connectivity index is 2.48. The van der Waals surface area contributed by atoms with E-state index in [1.165, 1.54) is 4.90 Å². The molecular formula is C12H23N3O3. The lowest BCUT2D eigenvalue weighted by atomic mass is 10.1. The normalized spacial score (nSPS) is 19.8. The summed E-state index contributed by atoms with van der Waals surface area (Å²) in [6.07, 6.45) is 0.196. The minimum absolute atomic E-state index is 0.0167. The van der Waals surface area contributed by atoms with Gasteiger partial charge in [-0.2, -0.15) is 0 Å². The summed E-state index contributed by atoms with van der Waals surface area (Å²) in [6, 6.07) is 0. The summed E-state index contributed by atoms with van der Waals surface area (Å²) in [4.78, 5) is 24.6. The fraction of sp³-hybridized carbons (Fsp3) is 0.833. The Morgan fingerprint density at radius 3 is 2.72 bits per heavy atom. The zero-order valence-electron chi connectivity index (χ0n) is 11.1. The van der Waals surface area contributed by atoms with E-state index in [4.69, 9.17) is 10.5 Å². The maximum absolute atomic E-state index is 12.1. The van der Waals surface area contributed by atoms with Crippen molar-refractivity contribution < 1.29 is 14.3 Å². The van der Waals surface area contributed by atoms with Crippen LogP contribution in [0.5, 0.6) is 0 Å². The lowest BCUT2D eigenvalue weighted by Gasteiger charge is -2.27. The van der Waals surface area contributed by atoms with Crippen LogP contribution in [0.4, 0.5) is 0 Å². The first-order valence-electron chi connectivity index (χ1n) is 6.37. The average Bonchev–Trinajstić information content (AvgIpc) is 2.28. The summed E-state index contributed by atoms with van der Waals surface area (Å²) < 4.78 is 5.48. The SMILES string of the molecule is CC(C)CN(CC(N)=O)C(=O)CC1CNCCO1. The van der Waals surface area contributed by atoms with Gasteiger partial charge in [0.1, 0.15) is 0 Å². The summed E-state index contributed by atoms with van der Waals surface area (Å²) in [5.74, 6) is -0.249. The molecule has 0 radical (unpaired) electrons. The van der Waals surface area contributed by atoms with Crippen LogP contribution in [0.25, 0.3) is 0 Å². The molecule has 18 heavy (non-hydrogen) atoms. The van der Waals surface area contributed by atoms with Gasteiger partial charge in [0.15, 0.2) is 0 Å². The number of hydrogen-bond acceptors (Lipinski definition) is 4. The second kappa shape index (κ2) is 7.33. The number of nitrogens with one attached hydrogen (secondary N) is 1. The van der Waals surface area contributed by atoms with Gasteiger partial charge < -0.3 is 20.7 Å². The number of hydrogen-bond donors (Lipinski definition) is 2. The van der Waals surface area contributed by atoms with E-state index in [0.29, 0.717) is 32.0 Å². The third-order valence-corrected chi connectivity index (χ3v) is 2.69. The average molecular weight is 257 g/mol. The van der Waals surface area contributed by atoms with Gasteiger partial charge in [-0.25, -0.2) is 0 Å². The van der Waals surface area contributed by atoms with Crippen molar-refractivity contribution in [3.63, 3.8) is 0 Å². The molecule has 6 heteroatoms. The van der Waals surface area contributed by atoms with E-state index in [1.54, 1.807) is 0 Å². The van der Waals surface area contributed by atoms with Crippen LogP contribution in [0.2, 0.25) is 0 Å². The molecule has 0 aromatic carbocycles. The minimum Gasteiger partial charge on any atom is -0.375 e. The van der Waals surface area contributed by atoms with Gasteiger partial charge in [-0.05, 0) is 5.92 Å². The number of ether oxygens (including phenoxy) is 1. The molecule has 0 aliphatic carbocycles. The highest BCUT2D eigenvalue weighted by Gasteiger charge is 2.22. The van der Waals surface area contributed by atoms with E-state index in [9.17, 15) is 9.59 Å². The zero-order valence-corrected chi connectivity index (χ0v) is 11.1. The number of nitrogens with two attached hydrogens (primary N) is 1.